The number of carbonyl (C=O) groups is 2. The fourth-order valence-electron chi connectivity index (χ4n) is 1.93. The Balaban J connectivity index is 1.93. The first kappa shape index (κ1) is 20.0. The highest BCUT2D eigenvalue weighted by Crippen LogP contribution is 2.30. The van der Waals surface area contributed by atoms with Gasteiger partial charge in [-0.05, 0) is 50.2 Å². The number of hydrogen-bond acceptors (Lipinski definition) is 4. The molecule has 0 heterocycles. The van der Waals surface area contributed by atoms with Gasteiger partial charge in [0.05, 0.1) is 15.7 Å². The number of anilines is 1. The van der Waals surface area contributed by atoms with Crippen LogP contribution in [0.3, 0.4) is 0 Å². The Hall–Kier alpha value is -2.31. The fourth-order valence-corrected chi connectivity index (χ4v) is 2.42. The van der Waals surface area contributed by atoms with E-state index in [1.807, 2.05) is 0 Å². The predicted octanol–water partition coefficient (Wildman–Crippen LogP) is 4.47. The first-order valence-electron chi connectivity index (χ1n) is 7.65. The number of carbonyl (C=O) groups excluding carboxylic acids is 2. The molecule has 2 rings (SSSR count). The maximum absolute atomic E-state index is 12.9. The van der Waals surface area contributed by atoms with E-state index in [-0.39, 0.29) is 15.7 Å². The Morgan fingerprint density at radius 2 is 1.58 bits per heavy atom. The van der Waals surface area contributed by atoms with E-state index in [1.54, 1.807) is 18.2 Å². The fraction of sp³-hybridized carbons (Fsp3) is 0.222. The van der Waals surface area contributed by atoms with Gasteiger partial charge in [0.15, 0.2) is 12.2 Å². The van der Waals surface area contributed by atoms with Crippen molar-refractivity contribution in [1.82, 2.24) is 0 Å². The van der Waals surface area contributed by atoms with E-state index in [0.717, 1.165) is 0 Å². The maximum Gasteiger partial charge on any atom is 0.347 e. The largest absolute Gasteiger partial charge is 0.479 e. The molecule has 0 saturated heterocycles. The molecule has 5 nitrogen and oxygen atoms in total. The number of nitrogens with one attached hydrogen (secondary N) is 1. The van der Waals surface area contributed by atoms with Gasteiger partial charge in [0.2, 0.25) is 0 Å². The van der Waals surface area contributed by atoms with Crippen LogP contribution in [-0.4, -0.2) is 24.1 Å². The molecule has 2 aromatic rings. The molecule has 0 aliphatic rings. The summed E-state index contributed by atoms with van der Waals surface area (Å²) in [6.07, 6.45) is -2.09. The van der Waals surface area contributed by atoms with E-state index >= 15 is 0 Å². The molecular weight excluding hydrogens is 384 g/mol. The Labute approximate surface area is 160 Å². The zero-order valence-corrected chi connectivity index (χ0v) is 15.5. The van der Waals surface area contributed by atoms with E-state index < -0.39 is 29.9 Å². The third-order valence-electron chi connectivity index (χ3n) is 3.33. The van der Waals surface area contributed by atoms with Crippen LogP contribution in [0.1, 0.15) is 13.8 Å². The van der Waals surface area contributed by atoms with Crippen molar-refractivity contribution < 1.29 is 23.5 Å². The Bertz CT molecular complexity index is 778. The second kappa shape index (κ2) is 8.87. The average Bonchev–Trinajstić information content (AvgIpc) is 2.59. The van der Waals surface area contributed by atoms with Crippen LogP contribution in [0.25, 0.3) is 0 Å². The molecule has 1 amide bonds. The van der Waals surface area contributed by atoms with Gasteiger partial charge in [0.25, 0.3) is 5.91 Å². The highest BCUT2D eigenvalue weighted by Gasteiger charge is 2.24. The standard InChI is InChI=1S/C18H16Cl2FNO4/c1-10(17(23)22-16-14(19)4-3-5-15(16)20)26-18(24)11(2)25-13-8-6-12(21)7-9-13/h3-11H,1-2H3,(H,22,23)/t10-,11+/m1/s1. The lowest BCUT2D eigenvalue weighted by Crippen LogP contribution is -2.35. The molecule has 8 heteroatoms. The topological polar surface area (TPSA) is 64.6 Å². The minimum atomic E-state index is -1.10. The molecule has 0 aromatic heterocycles. The van der Waals surface area contributed by atoms with Gasteiger partial charge in [-0.2, -0.15) is 0 Å². The zero-order valence-electron chi connectivity index (χ0n) is 14.0. The number of ether oxygens (including phenoxy) is 2. The molecule has 26 heavy (non-hydrogen) atoms. The summed E-state index contributed by atoms with van der Waals surface area (Å²) in [5.41, 5.74) is 0.236. The second-order valence-corrected chi connectivity index (χ2v) is 6.19. The van der Waals surface area contributed by atoms with E-state index in [0.29, 0.717) is 5.75 Å². The molecule has 2 aromatic carbocycles. The SMILES string of the molecule is C[C@H](Oc1ccc(F)cc1)C(=O)O[C@H](C)C(=O)Nc1c(Cl)cccc1Cl. The Morgan fingerprint density at radius 3 is 2.15 bits per heavy atom. The Kier molecular flexibility index (Phi) is 6.83. The lowest BCUT2D eigenvalue weighted by molar-refractivity contribution is -0.159. The van der Waals surface area contributed by atoms with Crippen molar-refractivity contribution in [2.75, 3.05) is 5.32 Å². The van der Waals surface area contributed by atoms with Crippen molar-refractivity contribution >= 4 is 40.8 Å². The highest BCUT2D eigenvalue weighted by molar-refractivity contribution is 6.39. The molecule has 2 atom stereocenters. The van der Waals surface area contributed by atoms with Crippen molar-refractivity contribution in [2.45, 2.75) is 26.1 Å². The van der Waals surface area contributed by atoms with Crippen LogP contribution in [-0.2, 0) is 14.3 Å². The normalized spacial score (nSPS) is 12.8. The van der Waals surface area contributed by atoms with Gasteiger partial charge < -0.3 is 14.8 Å². The van der Waals surface area contributed by atoms with Gasteiger partial charge in [-0.25, -0.2) is 9.18 Å². The third kappa shape index (κ3) is 5.34. The summed E-state index contributed by atoms with van der Waals surface area (Å²) in [4.78, 5) is 24.2. The Morgan fingerprint density at radius 1 is 1.00 bits per heavy atom. The smallest absolute Gasteiger partial charge is 0.347 e. The minimum absolute atomic E-state index is 0.236. The quantitative estimate of drug-likeness (QED) is 0.727. The van der Waals surface area contributed by atoms with Crippen LogP contribution >= 0.6 is 23.2 Å². The van der Waals surface area contributed by atoms with Crippen molar-refractivity contribution in [2.24, 2.45) is 0 Å². The molecule has 138 valence electrons. The van der Waals surface area contributed by atoms with Gasteiger partial charge >= 0.3 is 5.97 Å². The van der Waals surface area contributed by atoms with E-state index in [2.05, 4.69) is 5.32 Å². The lowest BCUT2D eigenvalue weighted by Gasteiger charge is -2.18. The molecular formula is C18H16Cl2FNO4. The summed E-state index contributed by atoms with van der Waals surface area (Å²) in [5, 5.41) is 3.04. The molecule has 1 N–H and O–H groups in total. The highest BCUT2D eigenvalue weighted by atomic mass is 35.5. The molecule has 0 fully saturated rings. The summed E-state index contributed by atoms with van der Waals surface area (Å²) in [7, 11) is 0. The number of hydrogen-bond donors (Lipinski definition) is 1. The van der Waals surface area contributed by atoms with Gasteiger partial charge in [0, 0.05) is 0 Å². The number of benzene rings is 2. The molecule has 0 unspecified atom stereocenters. The van der Waals surface area contributed by atoms with Crippen LogP contribution in [0.5, 0.6) is 5.75 Å². The first-order valence-corrected chi connectivity index (χ1v) is 8.41. The van der Waals surface area contributed by atoms with Crippen LogP contribution < -0.4 is 10.1 Å². The van der Waals surface area contributed by atoms with Crippen LogP contribution in [0.4, 0.5) is 10.1 Å². The minimum Gasteiger partial charge on any atom is -0.479 e. The summed E-state index contributed by atoms with van der Waals surface area (Å²) >= 11 is 12.0. The number of rotatable bonds is 6. The summed E-state index contributed by atoms with van der Waals surface area (Å²) in [6, 6.07) is 9.95. The van der Waals surface area contributed by atoms with E-state index in [9.17, 15) is 14.0 Å². The molecule has 0 aliphatic heterocycles. The molecule has 0 bridgehead atoms. The lowest BCUT2D eigenvalue weighted by atomic mass is 10.3. The average molecular weight is 400 g/mol. The van der Waals surface area contributed by atoms with E-state index in [1.165, 1.54) is 38.1 Å². The summed E-state index contributed by atoms with van der Waals surface area (Å²) in [5.74, 6) is -1.46. The van der Waals surface area contributed by atoms with Crippen molar-refractivity contribution in [3.8, 4) is 5.75 Å². The number of halogens is 3. The van der Waals surface area contributed by atoms with Gasteiger partial charge in [-0.15, -0.1) is 0 Å². The van der Waals surface area contributed by atoms with Crippen LogP contribution in [0, 0.1) is 5.82 Å². The van der Waals surface area contributed by atoms with E-state index in [4.69, 9.17) is 32.7 Å². The second-order valence-electron chi connectivity index (χ2n) is 5.38. The number of amides is 1. The van der Waals surface area contributed by atoms with Gasteiger partial charge in [-0.3, -0.25) is 4.79 Å². The maximum atomic E-state index is 12.9. The van der Waals surface area contributed by atoms with Crippen molar-refractivity contribution in [3.05, 3.63) is 58.3 Å². The van der Waals surface area contributed by atoms with Gasteiger partial charge in [0.1, 0.15) is 11.6 Å². The molecule has 0 spiro atoms. The summed E-state index contributed by atoms with van der Waals surface area (Å²) < 4.78 is 23.3. The zero-order chi connectivity index (χ0) is 19.3. The third-order valence-corrected chi connectivity index (χ3v) is 3.96. The van der Waals surface area contributed by atoms with Crippen LogP contribution in [0.15, 0.2) is 42.5 Å². The monoisotopic (exact) mass is 399 g/mol. The predicted molar refractivity (Wildman–Crippen MR) is 97.1 cm³/mol. The summed E-state index contributed by atoms with van der Waals surface area (Å²) in [6.45, 7) is 2.86. The van der Waals surface area contributed by atoms with Crippen LogP contribution in [0.2, 0.25) is 10.0 Å². The van der Waals surface area contributed by atoms with Crippen molar-refractivity contribution in [1.29, 1.82) is 0 Å². The molecule has 0 saturated carbocycles. The van der Waals surface area contributed by atoms with Gasteiger partial charge in [-0.1, -0.05) is 29.3 Å². The first-order chi connectivity index (χ1) is 12.3. The number of esters is 1. The molecule has 0 radical (unpaired) electrons. The number of para-hydroxylation sites is 1. The van der Waals surface area contributed by atoms with Crippen molar-refractivity contribution in [3.63, 3.8) is 0 Å². The molecule has 0 aliphatic carbocycles.